The van der Waals surface area contributed by atoms with Crippen LogP contribution in [0.1, 0.15) is 34.0 Å². The van der Waals surface area contributed by atoms with Crippen molar-refractivity contribution in [1.29, 1.82) is 0 Å². The van der Waals surface area contributed by atoms with Gasteiger partial charge in [0.2, 0.25) is 0 Å². The van der Waals surface area contributed by atoms with E-state index in [0.717, 1.165) is 5.56 Å². The SMILES string of the molecule is CCOC(=O)C(=O)c1c(C)c(Br)c(C)c(C)c1O. The van der Waals surface area contributed by atoms with Crippen molar-refractivity contribution in [3.63, 3.8) is 0 Å². The highest BCUT2D eigenvalue weighted by molar-refractivity contribution is 9.10. The quantitative estimate of drug-likeness (QED) is 0.529. The number of hydrogen-bond donors (Lipinski definition) is 1. The van der Waals surface area contributed by atoms with E-state index in [4.69, 9.17) is 0 Å². The highest BCUT2D eigenvalue weighted by Gasteiger charge is 2.26. The number of ether oxygens (including phenoxy) is 1. The topological polar surface area (TPSA) is 63.6 Å². The second-order valence-electron chi connectivity index (χ2n) is 3.96. The fraction of sp³-hybridized carbons (Fsp3) is 0.385. The molecule has 18 heavy (non-hydrogen) atoms. The van der Waals surface area contributed by atoms with E-state index in [9.17, 15) is 14.7 Å². The van der Waals surface area contributed by atoms with Crippen LogP contribution >= 0.6 is 15.9 Å². The zero-order valence-corrected chi connectivity index (χ0v) is 12.3. The van der Waals surface area contributed by atoms with E-state index in [1.807, 2.05) is 6.92 Å². The molecule has 0 aromatic heterocycles. The molecule has 98 valence electrons. The van der Waals surface area contributed by atoms with Gasteiger partial charge in [0, 0.05) is 4.47 Å². The first-order chi connectivity index (χ1) is 8.32. The number of Topliss-reactive ketones (excluding diaryl/α,β-unsaturated/α-hetero) is 1. The normalized spacial score (nSPS) is 10.3. The van der Waals surface area contributed by atoms with E-state index in [0.29, 0.717) is 15.6 Å². The summed E-state index contributed by atoms with van der Waals surface area (Å²) in [7, 11) is 0. The number of carbonyl (C=O) groups excluding carboxylic acids is 2. The molecule has 0 bridgehead atoms. The number of rotatable bonds is 3. The van der Waals surface area contributed by atoms with Crippen LogP contribution in [0.2, 0.25) is 0 Å². The Balaban J connectivity index is 3.42. The maximum Gasteiger partial charge on any atom is 0.379 e. The predicted octanol–water partition coefficient (Wildman–Crippen LogP) is 2.83. The van der Waals surface area contributed by atoms with Crippen LogP contribution in [-0.4, -0.2) is 23.5 Å². The fourth-order valence-corrected chi connectivity index (χ4v) is 2.17. The van der Waals surface area contributed by atoms with Gasteiger partial charge in [0.25, 0.3) is 5.78 Å². The van der Waals surface area contributed by atoms with Crippen LogP contribution in [0.15, 0.2) is 4.47 Å². The van der Waals surface area contributed by atoms with Crippen LogP contribution in [0.3, 0.4) is 0 Å². The van der Waals surface area contributed by atoms with Crippen LogP contribution in [0.25, 0.3) is 0 Å². The zero-order valence-electron chi connectivity index (χ0n) is 10.8. The molecule has 0 radical (unpaired) electrons. The van der Waals surface area contributed by atoms with Gasteiger partial charge in [0.15, 0.2) is 0 Å². The van der Waals surface area contributed by atoms with Gasteiger partial charge >= 0.3 is 5.97 Å². The molecule has 1 aromatic carbocycles. The molecule has 1 aromatic rings. The molecule has 0 saturated heterocycles. The van der Waals surface area contributed by atoms with Crippen LogP contribution < -0.4 is 0 Å². The molecule has 0 aliphatic heterocycles. The van der Waals surface area contributed by atoms with Crippen LogP contribution in [-0.2, 0) is 9.53 Å². The zero-order chi connectivity index (χ0) is 14.0. The summed E-state index contributed by atoms with van der Waals surface area (Å²) >= 11 is 3.36. The van der Waals surface area contributed by atoms with E-state index < -0.39 is 11.8 Å². The van der Waals surface area contributed by atoms with Crippen molar-refractivity contribution in [2.24, 2.45) is 0 Å². The highest BCUT2D eigenvalue weighted by Crippen LogP contribution is 2.35. The lowest BCUT2D eigenvalue weighted by atomic mass is 9.96. The number of benzene rings is 1. The molecule has 0 heterocycles. The number of aromatic hydroxyl groups is 1. The van der Waals surface area contributed by atoms with Crippen molar-refractivity contribution in [3.8, 4) is 5.75 Å². The van der Waals surface area contributed by atoms with E-state index in [1.165, 1.54) is 0 Å². The van der Waals surface area contributed by atoms with Crippen molar-refractivity contribution in [2.75, 3.05) is 6.61 Å². The van der Waals surface area contributed by atoms with Gasteiger partial charge in [-0.25, -0.2) is 4.79 Å². The van der Waals surface area contributed by atoms with Crippen molar-refractivity contribution < 1.29 is 19.4 Å². The number of phenols is 1. The van der Waals surface area contributed by atoms with E-state index in [2.05, 4.69) is 20.7 Å². The average molecular weight is 315 g/mol. The molecule has 0 saturated carbocycles. The van der Waals surface area contributed by atoms with Crippen LogP contribution in [0, 0.1) is 20.8 Å². The Morgan fingerprint density at radius 3 is 2.22 bits per heavy atom. The van der Waals surface area contributed by atoms with Gasteiger partial charge in [-0.2, -0.15) is 0 Å². The van der Waals surface area contributed by atoms with Gasteiger partial charge in [-0.3, -0.25) is 4.79 Å². The number of halogens is 1. The lowest BCUT2D eigenvalue weighted by Gasteiger charge is -2.14. The summed E-state index contributed by atoms with van der Waals surface area (Å²) in [5, 5.41) is 10.0. The Labute approximate surface area is 114 Å². The van der Waals surface area contributed by atoms with Crippen LogP contribution in [0.5, 0.6) is 5.75 Å². The second-order valence-corrected chi connectivity index (χ2v) is 4.76. The third-order valence-electron chi connectivity index (χ3n) is 2.88. The minimum absolute atomic E-state index is 0.00317. The van der Waals surface area contributed by atoms with Crippen molar-refractivity contribution >= 4 is 27.7 Å². The van der Waals surface area contributed by atoms with Gasteiger partial charge in [0.1, 0.15) is 5.75 Å². The Kier molecular flexibility index (Phi) is 4.51. The first-order valence-electron chi connectivity index (χ1n) is 5.52. The lowest BCUT2D eigenvalue weighted by Crippen LogP contribution is -2.19. The third kappa shape index (κ3) is 2.41. The lowest BCUT2D eigenvalue weighted by molar-refractivity contribution is -0.137. The Morgan fingerprint density at radius 2 is 1.72 bits per heavy atom. The molecule has 0 amide bonds. The van der Waals surface area contributed by atoms with Gasteiger partial charge in [-0.1, -0.05) is 15.9 Å². The molecule has 5 heteroatoms. The maximum atomic E-state index is 11.9. The van der Waals surface area contributed by atoms with Crippen molar-refractivity contribution in [3.05, 3.63) is 26.7 Å². The Hall–Kier alpha value is -1.36. The Morgan fingerprint density at radius 1 is 1.17 bits per heavy atom. The van der Waals surface area contributed by atoms with Gasteiger partial charge in [0.05, 0.1) is 12.2 Å². The predicted molar refractivity (Wildman–Crippen MR) is 71.0 cm³/mol. The first-order valence-corrected chi connectivity index (χ1v) is 6.31. The molecule has 4 nitrogen and oxygen atoms in total. The van der Waals surface area contributed by atoms with Crippen molar-refractivity contribution in [1.82, 2.24) is 0 Å². The molecule has 0 fully saturated rings. The number of carbonyl (C=O) groups is 2. The molecular weight excluding hydrogens is 300 g/mol. The summed E-state index contributed by atoms with van der Waals surface area (Å²) in [5.74, 6) is -1.94. The summed E-state index contributed by atoms with van der Waals surface area (Å²) < 4.78 is 5.38. The van der Waals surface area contributed by atoms with Gasteiger partial charge < -0.3 is 9.84 Å². The van der Waals surface area contributed by atoms with E-state index in [-0.39, 0.29) is 17.9 Å². The summed E-state index contributed by atoms with van der Waals surface area (Å²) in [6.07, 6.45) is 0. The average Bonchev–Trinajstić information content (AvgIpc) is 2.34. The molecule has 0 aliphatic carbocycles. The minimum atomic E-state index is -0.953. The van der Waals surface area contributed by atoms with Gasteiger partial charge in [-0.05, 0) is 44.4 Å². The summed E-state index contributed by atoms with van der Waals surface area (Å²) in [6.45, 7) is 6.93. The monoisotopic (exact) mass is 314 g/mol. The fourth-order valence-electron chi connectivity index (χ4n) is 1.67. The highest BCUT2D eigenvalue weighted by atomic mass is 79.9. The number of phenolic OH excluding ortho intramolecular Hbond substituents is 1. The van der Waals surface area contributed by atoms with E-state index in [1.54, 1.807) is 20.8 Å². The molecule has 1 N–H and O–H groups in total. The third-order valence-corrected chi connectivity index (χ3v) is 4.07. The summed E-state index contributed by atoms with van der Waals surface area (Å²) in [5.41, 5.74) is 1.95. The number of esters is 1. The molecule has 0 atom stereocenters. The van der Waals surface area contributed by atoms with E-state index >= 15 is 0 Å². The van der Waals surface area contributed by atoms with Crippen molar-refractivity contribution in [2.45, 2.75) is 27.7 Å². The maximum absolute atomic E-state index is 11.9. The van der Waals surface area contributed by atoms with Gasteiger partial charge in [-0.15, -0.1) is 0 Å². The summed E-state index contributed by atoms with van der Waals surface area (Å²) in [6, 6.07) is 0. The smallest absolute Gasteiger partial charge is 0.379 e. The first kappa shape index (κ1) is 14.7. The minimum Gasteiger partial charge on any atom is -0.507 e. The molecule has 0 aliphatic rings. The number of hydrogen-bond acceptors (Lipinski definition) is 4. The summed E-state index contributed by atoms with van der Waals surface area (Å²) in [4.78, 5) is 23.4. The molecule has 1 rings (SSSR count). The largest absolute Gasteiger partial charge is 0.507 e. The molecule has 0 unspecified atom stereocenters. The molecule has 0 spiro atoms. The number of ketones is 1. The standard InChI is InChI=1S/C13H15BrO4/c1-5-18-13(17)12(16)9-8(4)10(14)6(2)7(3)11(9)15/h15H,5H2,1-4H3. The Bertz CT molecular complexity index is 491. The second kappa shape index (κ2) is 5.52. The van der Waals surface area contributed by atoms with Crippen LogP contribution in [0.4, 0.5) is 0 Å². The molecular formula is C13H15BrO4.